The highest BCUT2D eigenvalue weighted by Gasteiger charge is 2.41. The maximum atomic E-state index is 14.7. The molecule has 1 aliphatic heterocycles. The molecule has 32 heavy (non-hydrogen) atoms. The molecule has 172 valence electrons. The van der Waals surface area contributed by atoms with Crippen molar-refractivity contribution in [2.45, 2.75) is 57.7 Å². The molecule has 4 nitrogen and oxygen atoms in total. The second kappa shape index (κ2) is 11.0. The van der Waals surface area contributed by atoms with Crippen LogP contribution in [0.3, 0.4) is 0 Å². The van der Waals surface area contributed by atoms with Gasteiger partial charge in [0.2, 0.25) is 0 Å². The van der Waals surface area contributed by atoms with Crippen LogP contribution in [0.4, 0.5) is 4.39 Å². The Morgan fingerprint density at radius 1 is 1.28 bits per heavy atom. The lowest BCUT2D eigenvalue weighted by molar-refractivity contribution is -0.139. The van der Waals surface area contributed by atoms with Crippen molar-refractivity contribution in [3.05, 3.63) is 76.6 Å². The lowest BCUT2D eigenvalue weighted by Crippen LogP contribution is -2.36. The summed E-state index contributed by atoms with van der Waals surface area (Å²) in [5, 5.41) is 9.71. The topological polar surface area (TPSA) is 55.8 Å². The average molecular weight is 461 g/mol. The first-order valence-corrected chi connectivity index (χ1v) is 11.4. The number of carboxylic acids is 1. The summed E-state index contributed by atoms with van der Waals surface area (Å²) in [6.07, 6.45) is 3.14. The van der Waals surface area contributed by atoms with E-state index in [1.54, 1.807) is 12.1 Å². The number of unbranched alkanes of at least 4 members (excludes halogenated alkanes) is 1. The molecule has 0 amide bonds. The largest absolute Gasteiger partial charge is 0.479 e. The first kappa shape index (κ1) is 24.3. The quantitative estimate of drug-likeness (QED) is 0.412. The number of hydrogen-bond donors (Lipinski definition) is 1. The van der Waals surface area contributed by atoms with Gasteiger partial charge in [-0.2, -0.15) is 0 Å². The molecule has 6 heteroatoms. The van der Waals surface area contributed by atoms with Gasteiger partial charge in [0.05, 0.1) is 12.2 Å². The zero-order valence-corrected chi connectivity index (χ0v) is 19.3. The molecule has 0 saturated carbocycles. The fourth-order valence-corrected chi connectivity index (χ4v) is 4.57. The van der Waals surface area contributed by atoms with Crippen LogP contribution in [-0.4, -0.2) is 23.8 Å². The molecule has 0 unspecified atom stereocenters. The van der Waals surface area contributed by atoms with Gasteiger partial charge in [0, 0.05) is 22.4 Å². The standard InChI is InChI=1S/C26H30ClFO4/c1-4-5-9-23-21(17-10-12-18(27)13-11-17)14-20(16(2)3)25(32-23)19-7-6-8-22(28)26(19)31-15-24(29)30/h6-8,10-13,20-21,23,25H,2,4-5,9,14-15H2,1,3H3,(H,29,30)/t20-,21-,23+,25-/m1/s1. The van der Waals surface area contributed by atoms with Crippen LogP contribution in [0.2, 0.25) is 5.02 Å². The van der Waals surface area contributed by atoms with Crippen molar-refractivity contribution < 1.29 is 23.8 Å². The van der Waals surface area contributed by atoms with Crippen molar-refractivity contribution in [1.82, 2.24) is 0 Å². The Kier molecular flexibility index (Phi) is 8.32. The number of carbonyl (C=O) groups is 1. The lowest BCUT2D eigenvalue weighted by atomic mass is 9.74. The molecule has 4 atom stereocenters. The fraction of sp³-hybridized carbons (Fsp3) is 0.423. The number of aliphatic carboxylic acids is 1. The summed E-state index contributed by atoms with van der Waals surface area (Å²) < 4.78 is 26.7. The van der Waals surface area contributed by atoms with Crippen molar-refractivity contribution in [3.8, 4) is 5.75 Å². The summed E-state index contributed by atoms with van der Waals surface area (Å²) in [6.45, 7) is 7.65. The highest BCUT2D eigenvalue weighted by atomic mass is 35.5. The Morgan fingerprint density at radius 3 is 2.62 bits per heavy atom. The number of para-hydroxylation sites is 1. The monoisotopic (exact) mass is 460 g/mol. The van der Waals surface area contributed by atoms with Gasteiger partial charge in [-0.25, -0.2) is 9.18 Å². The van der Waals surface area contributed by atoms with Gasteiger partial charge in [-0.1, -0.05) is 67.8 Å². The summed E-state index contributed by atoms with van der Waals surface area (Å²) in [5.41, 5.74) is 2.61. The Morgan fingerprint density at radius 2 is 2.00 bits per heavy atom. The van der Waals surface area contributed by atoms with E-state index in [9.17, 15) is 9.18 Å². The van der Waals surface area contributed by atoms with Crippen LogP contribution < -0.4 is 4.74 Å². The van der Waals surface area contributed by atoms with Crippen molar-refractivity contribution in [3.63, 3.8) is 0 Å². The minimum Gasteiger partial charge on any atom is -0.479 e. The van der Waals surface area contributed by atoms with Crippen LogP contribution in [0, 0.1) is 11.7 Å². The zero-order chi connectivity index (χ0) is 23.3. The van der Waals surface area contributed by atoms with E-state index in [1.807, 2.05) is 31.2 Å². The highest BCUT2D eigenvalue weighted by molar-refractivity contribution is 6.30. The molecule has 0 spiro atoms. The van der Waals surface area contributed by atoms with Crippen molar-refractivity contribution >= 4 is 17.6 Å². The van der Waals surface area contributed by atoms with Crippen molar-refractivity contribution in [1.29, 1.82) is 0 Å². The molecule has 0 radical (unpaired) electrons. The van der Waals surface area contributed by atoms with E-state index in [2.05, 4.69) is 13.5 Å². The predicted molar refractivity (Wildman–Crippen MR) is 124 cm³/mol. The second-order valence-corrected chi connectivity index (χ2v) is 8.86. The molecular weight excluding hydrogens is 431 g/mol. The first-order valence-electron chi connectivity index (χ1n) is 11.0. The smallest absolute Gasteiger partial charge is 0.341 e. The number of rotatable bonds is 9. The van der Waals surface area contributed by atoms with Gasteiger partial charge < -0.3 is 14.6 Å². The normalized spacial score (nSPS) is 23.0. The molecule has 1 saturated heterocycles. The van der Waals surface area contributed by atoms with Gasteiger partial charge in [0.15, 0.2) is 18.2 Å². The Bertz CT molecular complexity index is 943. The van der Waals surface area contributed by atoms with Crippen LogP contribution in [0.5, 0.6) is 5.75 Å². The van der Waals surface area contributed by atoms with E-state index in [4.69, 9.17) is 26.2 Å². The molecule has 2 aromatic carbocycles. The summed E-state index contributed by atoms with van der Waals surface area (Å²) in [6, 6.07) is 12.5. The van der Waals surface area contributed by atoms with E-state index in [0.29, 0.717) is 10.6 Å². The van der Waals surface area contributed by atoms with Gasteiger partial charge in [-0.3, -0.25) is 0 Å². The van der Waals surface area contributed by atoms with Crippen molar-refractivity contribution in [2.24, 2.45) is 5.92 Å². The summed E-state index contributed by atoms with van der Waals surface area (Å²) in [7, 11) is 0. The summed E-state index contributed by atoms with van der Waals surface area (Å²) in [4.78, 5) is 11.0. The Balaban J connectivity index is 1.99. The van der Waals surface area contributed by atoms with Crippen LogP contribution in [0.1, 0.15) is 62.7 Å². The minimum atomic E-state index is -1.16. The third-order valence-electron chi connectivity index (χ3n) is 6.06. The maximum Gasteiger partial charge on any atom is 0.341 e. The first-order chi connectivity index (χ1) is 15.3. The SMILES string of the molecule is C=C(C)[C@H]1C[C@H](c2ccc(Cl)cc2)[C@H](CCCC)O[C@@H]1c1cccc(F)c1OCC(=O)O. The molecule has 1 aliphatic rings. The molecular formula is C26H30ClFO4. The average Bonchev–Trinajstić information content (AvgIpc) is 2.76. The van der Waals surface area contributed by atoms with E-state index >= 15 is 0 Å². The second-order valence-electron chi connectivity index (χ2n) is 8.42. The van der Waals surface area contributed by atoms with Crippen molar-refractivity contribution in [2.75, 3.05) is 6.61 Å². The summed E-state index contributed by atoms with van der Waals surface area (Å²) in [5.74, 6) is -1.76. The van der Waals surface area contributed by atoms with Gasteiger partial charge in [0.25, 0.3) is 0 Å². The van der Waals surface area contributed by atoms with Crippen LogP contribution >= 0.6 is 11.6 Å². The highest BCUT2D eigenvalue weighted by Crippen LogP contribution is 2.49. The van der Waals surface area contributed by atoms with Gasteiger partial charge in [0.1, 0.15) is 0 Å². The zero-order valence-electron chi connectivity index (χ0n) is 18.5. The Hall–Kier alpha value is -2.37. The number of hydrogen-bond acceptors (Lipinski definition) is 3. The number of ether oxygens (including phenoxy) is 2. The maximum absolute atomic E-state index is 14.7. The summed E-state index contributed by atoms with van der Waals surface area (Å²) >= 11 is 6.10. The van der Waals surface area contributed by atoms with E-state index in [1.165, 1.54) is 6.07 Å². The van der Waals surface area contributed by atoms with Gasteiger partial charge in [-0.05, 0) is 43.5 Å². The third kappa shape index (κ3) is 5.70. The molecule has 1 fully saturated rings. The molecule has 0 aliphatic carbocycles. The predicted octanol–water partition coefficient (Wildman–Crippen LogP) is 6.94. The number of halogens is 2. The third-order valence-corrected chi connectivity index (χ3v) is 6.31. The lowest BCUT2D eigenvalue weighted by Gasteiger charge is -2.43. The van der Waals surface area contributed by atoms with E-state index in [0.717, 1.165) is 36.8 Å². The van der Waals surface area contributed by atoms with E-state index in [-0.39, 0.29) is 23.7 Å². The molecule has 1 heterocycles. The van der Waals surface area contributed by atoms with Crippen LogP contribution in [0.15, 0.2) is 54.6 Å². The van der Waals surface area contributed by atoms with Crippen LogP contribution in [0.25, 0.3) is 0 Å². The molecule has 0 bridgehead atoms. The molecule has 3 rings (SSSR count). The van der Waals surface area contributed by atoms with E-state index < -0.39 is 24.5 Å². The fourth-order valence-electron chi connectivity index (χ4n) is 4.45. The molecule has 0 aromatic heterocycles. The Labute approximate surface area is 194 Å². The molecule has 2 aromatic rings. The number of carboxylic acid groups (broad SMARTS) is 1. The van der Waals surface area contributed by atoms with Gasteiger partial charge in [-0.15, -0.1) is 0 Å². The minimum absolute atomic E-state index is 0.0645. The molecule has 1 N–H and O–H groups in total. The number of benzene rings is 2. The van der Waals surface area contributed by atoms with Crippen LogP contribution in [-0.2, 0) is 9.53 Å². The van der Waals surface area contributed by atoms with Gasteiger partial charge >= 0.3 is 5.97 Å².